The van der Waals surface area contributed by atoms with Crippen LogP contribution in [0, 0.1) is 12.7 Å². The van der Waals surface area contributed by atoms with E-state index in [0.717, 1.165) is 48.5 Å². The number of carbonyl (C=O) groups excluding carboxylic acids is 1. The van der Waals surface area contributed by atoms with E-state index in [1.54, 1.807) is 37.6 Å². The SMILES string of the molecule is COc1ccccc1COc1ccc(Oc2ccc(C=CC(=O)N3CCN(Cc4ccc(CCOc5ccc(F)cc5)cc4)CC3)c(C)c2)nc1. The van der Waals surface area contributed by atoms with Gasteiger partial charge in [0.05, 0.1) is 19.9 Å². The number of pyridine rings is 1. The Morgan fingerprint density at radius 1 is 0.824 bits per heavy atom. The van der Waals surface area contributed by atoms with E-state index in [0.29, 0.717) is 49.4 Å². The Balaban J connectivity index is 0.915. The van der Waals surface area contributed by atoms with Gasteiger partial charge in [0.15, 0.2) is 0 Å². The number of amides is 1. The molecule has 0 N–H and O–H groups in total. The van der Waals surface area contributed by atoms with Crippen LogP contribution in [0.1, 0.15) is 27.8 Å². The Morgan fingerprint density at radius 3 is 2.27 bits per heavy atom. The second-order valence-electron chi connectivity index (χ2n) is 12.4. The first-order valence-corrected chi connectivity index (χ1v) is 17.1. The van der Waals surface area contributed by atoms with Gasteiger partial charge in [0.1, 0.15) is 35.4 Å². The number of hydrogen-bond donors (Lipinski definition) is 0. The summed E-state index contributed by atoms with van der Waals surface area (Å²) >= 11 is 0. The fourth-order valence-corrected chi connectivity index (χ4v) is 5.80. The average molecular weight is 688 g/mol. The molecule has 0 saturated carbocycles. The van der Waals surface area contributed by atoms with Crippen molar-refractivity contribution >= 4 is 12.0 Å². The summed E-state index contributed by atoms with van der Waals surface area (Å²) in [6, 6.07) is 31.7. The van der Waals surface area contributed by atoms with Crippen LogP contribution in [0.25, 0.3) is 6.08 Å². The Hall–Kier alpha value is -5.67. The molecular weight excluding hydrogens is 645 g/mol. The van der Waals surface area contributed by atoms with Crippen molar-refractivity contribution in [3.05, 3.63) is 149 Å². The number of ether oxygens (including phenoxy) is 4. The number of carbonyl (C=O) groups is 1. The van der Waals surface area contributed by atoms with E-state index in [9.17, 15) is 9.18 Å². The zero-order chi connectivity index (χ0) is 35.4. The number of nitrogens with zero attached hydrogens (tertiary/aromatic N) is 3. The molecule has 2 heterocycles. The van der Waals surface area contributed by atoms with Gasteiger partial charge in [0.25, 0.3) is 0 Å². The van der Waals surface area contributed by atoms with Crippen molar-refractivity contribution in [2.75, 3.05) is 39.9 Å². The molecule has 1 saturated heterocycles. The third-order valence-electron chi connectivity index (χ3n) is 8.75. The second kappa shape index (κ2) is 17.3. The standard InChI is InChI=1S/C42H42FN3O5/c1-31-27-38(51-41-19-18-39(28-44-41)50-30-35-5-3-4-6-40(35)48-2)15-11-34(31)12-20-42(47)46-24-22-45(23-25-46)29-33-9-7-32(8-10-33)21-26-49-37-16-13-36(43)14-17-37/h3-20,27-28H,21-26,29-30H2,1-2H3. The number of aryl methyl sites for hydroxylation is 1. The summed E-state index contributed by atoms with van der Waals surface area (Å²) in [6.07, 6.45) is 5.93. The maximum Gasteiger partial charge on any atom is 0.246 e. The molecule has 8 nitrogen and oxygen atoms in total. The largest absolute Gasteiger partial charge is 0.496 e. The molecule has 1 fully saturated rings. The number of benzene rings is 4. The Labute approximate surface area is 298 Å². The summed E-state index contributed by atoms with van der Waals surface area (Å²) in [6.45, 7) is 6.75. The lowest BCUT2D eigenvalue weighted by atomic mass is 10.1. The fraction of sp³-hybridized carbons (Fsp3) is 0.238. The number of piperazine rings is 1. The van der Waals surface area contributed by atoms with Crippen LogP contribution in [-0.4, -0.2) is 60.6 Å². The van der Waals surface area contributed by atoms with E-state index in [4.69, 9.17) is 18.9 Å². The third kappa shape index (κ3) is 10.2. The van der Waals surface area contributed by atoms with E-state index in [2.05, 4.69) is 34.1 Å². The van der Waals surface area contributed by atoms with Gasteiger partial charge in [-0.05, 0) is 83.8 Å². The molecule has 51 heavy (non-hydrogen) atoms. The first-order chi connectivity index (χ1) is 24.9. The van der Waals surface area contributed by atoms with E-state index in [-0.39, 0.29) is 11.7 Å². The predicted octanol–water partition coefficient (Wildman–Crippen LogP) is 7.89. The average Bonchev–Trinajstić information content (AvgIpc) is 3.16. The maximum atomic E-state index is 13.1. The lowest BCUT2D eigenvalue weighted by molar-refractivity contribution is -0.127. The zero-order valence-electron chi connectivity index (χ0n) is 29.0. The number of halogens is 1. The third-order valence-corrected chi connectivity index (χ3v) is 8.75. The number of rotatable bonds is 14. The van der Waals surface area contributed by atoms with Crippen molar-refractivity contribution in [3.8, 4) is 28.9 Å². The highest BCUT2D eigenvalue weighted by molar-refractivity contribution is 5.92. The van der Waals surface area contributed by atoms with Crippen molar-refractivity contribution in [1.29, 1.82) is 0 Å². The molecule has 0 spiro atoms. The highest BCUT2D eigenvalue weighted by Crippen LogP contribution is 2.26. The lowest BCUT2D eigenvalue weighted by Gasteiger charge is -2.34. The monoisotopic (exact) mass is 687 g/mol. The molecule has 5 aromatic rings. The number of methoxy groups -OCH3 is 1. The van der Waals surface area contributed by atoms with Crippen LogP contribution in [0.4, 0.5) is 4.39 Å². The number of para-hydroxylation sites is 1. The normalized spacial score (nSPS) is 13.3. The van der Waals surface area contributed by atoms with Gasteiger partial charge in [-0.2, -0.15) is 0 Å². The lowest BCUT2D eigenvalue weighted by Crippen LogP contribution is -2.47. The van der Waals surface area contributed by atoms with E-state index >= 15 is 0 Å². The molecule has 0 aliphatic carbocycles. The Bertz CT molecular complexity index is 1910. The van der Waals surface area contributed by atoms with Gasteiger partial charge in [0.2, 0.25) is 11.8 Å². The molecule has 0 bridgehead atoms. The maximum absolute atomic E-state index is 13.1. The van der Waals surface area contributed by atoms with Gasteiger partial charge in [0, 0.05) is 56.9 Å². The van der Waals surface area contributed by atoms with Crippen LogP contribution >= 0.6 is 0 Å². The predicted molar refractivity (Wildman–Crippen MR) is 196 cm³/mol. The minimum absolute atomic E-state index is 0.0128. The molecule has 4 aromatic carbocycles. The van der Waals surface area contributed by atoms with Crippen LogP contribution in [0.2, 0.25) is 0 Å². The van der Waals surface area contributed by atoms with Gasteiger partial charge in [-0.3, -0.25) is 9.69 Å². The summed E-state index contributed by atoms with van der Waals surface area (Å²) in [4.78, 5) is 21.7. The first kappa shape index (κ1) is 35.2. The Kier molecular flexibility index (Phi) is 11.9. The van der Waals surface area contributed by atoms with E-state index in [1.807, 2.05) is 66.4 Å². The molecule has 0 unspecified atom stereocenters. The molecule has 1 aliphatic rings. The van der Waals surface area contributed by atoms with Crippen LogP contribution in [-0.2, 0) is 24.4 Å². The number of hydrogen-bond acceptors (Lipinski definition) is 7. The van der Waals surface area contributed by atoms with Gasteiger partial charge < -0.3 is 23.8 Å². The van der Waals surface area contributed by atoms with Gasteiger partial charge in [-0.25, -0.2) is 9.37 Å². The zero-order valence-corrected chi connectivity index (χ0v) is 29.0. The van der Waals surface area contributed by atoms with Crippen molar-refractivity contribution in [2.24, 2.45) is 0 Å². The van der Waals surface area contributed by atoms with Crippen molar-refractivity contribution in [3.63, 3.8) is 0 Å². The molecule has 1 amide bonds. The van der Waals surface area contributed by atoms with Gasteiger partial charge in [-0.1, -0.05) is 48.5 Å². The van der Waals surface area contributed by atoms with E-state index < -0.39 is 0 Å². The second-order valence-corrected chi connectivity index (χ2v) is 12.4. The quantitative estimate of drug-likeness (QED) is 0.110. The van der Waals surface area contributed by atoms with Gasteiger partial charge in [-0.15, -0.1) is 0 Å². The molecular formula is C42H42FN3O5. The summed E-state index contributed by atoms with van der Waals surface area (Å²) < 4.78 is 36.0. The summed E-state index contributed by atoms with van der Waals surface area (Å²) in [5.74, 6) is 2.94. The summed E-state index contributed by atoms with van der Waals surface area (Å²) in [7, 11) is 1.64. The fourth-order valence-electron chi connectivity index (χ4n) is 5.80. The first-order valence-electron chi connectivity index (χ1n) is 17.1. The topological polar surface area (TPSA) is 73.4 Å². The molecule has 9 heteroatoms. The van der Waals surface area contributed by atoms with Crippen molar-refractivity contribution < 1.29 is 28.1 Å². The smallest absolute Gasteiger partial charge is 0.246 e. The minimum Gasteiger partial charge on any atom is -0.496 e. The molecule has 6 rings (SSSR count). The molecule has 0 radical (unpaired) electrons. The van der Waals surface area contributed by atoms with Crippen molar-refractivity contribution in [1.82, 2.24) is 14.8 Å². The molecule has 1 aromatic heterocycles. The van der Waals surface area contributed by atoms with Gasteiger partial charge >= 0.3 is 0 Å². The molecule has 262 valence electrons. The molecule has 0 atom stereocenters. The van der Waals surface area contributed by atoms with Crippen LogP contribution < -0.4 is 18.9 Å². The van der Waals surface area contributed by atoms with Crippen LogP contribution in [0.3, 0.4) is 0 Å². The van der Waals surface area contributed by atoms with E-state index in [1.165, 1.54) is 23.3 Å². The Morgan fingerprint density at radius 2 is 1.55 bits per heavy atom. The number of aromatic nitrogens is 1. The van der Waals surface area contributed by atoms with Crippen LogP contribution in [0.5, 0.6) is 28.9 Å². The highest BCUT2D eigenvalue weighted by Gasteiger charge is 2.20. The summed E-state index contributed by atoms with van der Waals surface area (Å²) in [5, 5.41) is 0. The molecule has 1 aliphatic heterocycles. The van der Waals surface area contributed by atoms with Crippen LogP contribution in [0.15, 0.2) is 115 Å². The minimum atomic E-state index is -0.270. The van der Waals surface area contributed by atoms with Crippen molar-refractivity contribution in [2.45, 2.75) is 26.5 Å². The summed E-state index contributed by atoms with van der Waals surface area (Å²) in [5.41, 5.74) is 5.32. The highest BCUT2D eigenvalue weighted by atomic mass is 19.1.